The van der Waals surface area contributed by atoms with Crippen LogP contribution in [0.2, 0.25) is 0 Å². The van der Waals surface area contributed by atoms with Crippen LogP contribution < -0.4 is 19.7 Å². The highest BCUT2D eigenvalue weighted by Crippen LogP contribution is 2.35. The number of fused-ring (bicyclic) bond motifs is 1. The number of hydrogen-bond acceptors (Lipinski definition) is 7. The monoisotopic (exact) mass is 548 g/mol. The number of nitrogens with one attached hydrogen (secondary N) is 1. The van der Waals surface area contributed by atoms with Gasteiger partial charge in [-0.05, 0) is 61.7 Å². The molecule has 3 heterocycles. The number of aromatic nitrogens is 2. The van der Waals surface area contributed by atoms with Crippen LogP contribution in [0.5, 0.6) is 17.2 Å². The molecule has 0 saturated heterocycles. The number of ether oxygens (including phenoxy) is 2. The summed E-state index contributed by atoms with van der Waals surface area (Å²) in [6.45, 7) is 3.17. The van der Waals surface area contributed by atoms with E-state index in [4.69, 9.17) is 9.47 Å². The molecule has 1 atom stereocenters. The summed E-state index contributed by atoms with van der Waals surface area (Å²) in [5.41, 5.74) is 1.74. The van der Waals surface area contributed by atoms with Crippen molar-refractivity contribution in [3.63, 3.8) is 0 Å². The highest BCUT2D eigenvalue weighted by atomic mass is 16.5. The largest absolute Gasteiger partial charge is 0.489 e. The van der Waals surface area contributed by atoms with Crippen molar-refractivity contribution in [1.82, 2.24) is 15.3 Å². The first kappa shape index (κ1) is 27.4. The Morgan fingerprint density at radius 2 is 1.83 bits per heavy atom. The molecule has 1 aliphatic rings. The number of aliphatic hydroxyl groups is 1. The molecule has 0 saturated carbocycles. The van der Waals surface area contributed by atoms with Crippen LogP contribution in [-0.2, 0) is 4.79 Å². The van der Waals surface area contributed by atoms with Gasteiger partial charge in [-0.2, -0.15) is 0 Å². The van der Waals surface area contributed by atoms with Crippen molar-refractivity contribution in [2.24, 2.45) is 0 Å². The summed E-state index contributed by atoms with van der Waals surface area (Å²) in [5.74, 6) is 6.32. The first-order valence-corrected chi connectivity index (χ1v) is 12.9. The van der Waals surface area contributed by atoms with Crippen LogP contribution in [0.15, 0.2) is 85.2 Å². The maximum atomic E-state index is 13.4. The Kier molecular flexibility index (Phi) is 7.68. The number of likely N-dealkylation sites (N-methyl/N-ethyl adjacent to an activating group) is 1. The standard InChI is InChI=1S/C32H28N4O5/c1-32(2,39)15-13-23-11-9-22(19-34-23)21-10-12-29-28(17-21)36(3)31(38)27(20-40-29)35-30(37)26-18-25(14-16-33-26)41-24-7-5-4-6-8-24/h4-12,14,16-19,27,39H,20H2,1-3H3,(H,35,37)/t27-/m0/s1. The van der Waals surface area contributed by atoms with E-state index in [2.05, 4.69) is 27.1 Å². The zero-order valence-electron chi connectivity index (χ0n) is 22.8. The second-order valence-electron chi connectivity index (χ2n) is 9.95. The van der Waals surface area contributed by atoms with E-state index in [1.165, 1.54) is 17.2 Å². The SMILES string of the molecule is CN1C(=O)[C@@H](NC(=O)c2cc(Oc3ccccc3)ccn2)COc2ccc(-c3ccc(C#CC(C)(C)O)nc3)cc21. The number of amides is 2. The molecular weight excluding hydrogens is 520 g/mol. The predicted molar refractivity (Wildman–Crippen MR) is 154 cm³/mol. The average Bonchev–Trinajstić information content (AvgIpc) is 3.08. The third-order valence-corrected chi connectivity index (χ3v) is 6.20. The van der Waals surface area contributed by atoms with Gasteiger partial charge in [0.25, 0.3) is 11.8 Å². The van der Waals surface area contributed by atoms with E-state index in [1.54, 1.807) is 57.4 Å². The Morgan fingerprint density at radius 3 is 2.56 bits per heavy atom. The summed E-state index contributed by atoms with van der Waals surface area (Å²) < 4.78 is 11.7. The van der Waals surface area contributed by atoms with Crippen LogP contribution in [0.1, 0.15) is 30.0 Å². The third-order valence-electron chi connectivity index (χ3n) is 6.20. The summed E-state index contributed by atoms with van der Waals surface area (Å²) in [4.78, 5) is 36.4. The predicted octanol–water partition coefficient (Wildman–Crippen LogP) is 4.21. The molecule has 0 bridgehead atoms. The van der Waals surface area contributed by atoms with Crippen LogP contribution in [-0.4, -0.2) is 52.2 Å². The summed E-state index contributed by atoms with van der Waals surface area (Å²) in [5, 5.41) is 12.5. The van der Waals surface area contributed by atoms with Gasteiger partial charge in [0.15, 0.2) is 0 Å². The molecular formula is C32H28N4O5. The summed E-state index contributed by atoms with van der Waals surface area (Å²) >= 11 is 0. The number of pyridine rings is 2. The van der Waals surface area contributed by atoms with E-state index in [0.717, 1.165) is 11.1 Å². The van der Waals surface area contributed by atoms with Gasteiger partial charge in [-0.3, -0.25) is 14.6 Å². The number of nitrogens with zero attached hydrogens (tertiary/aromatic N) is 3. The fourth-order valence-corrected chi connectivity index (χ4v) is 4.09. The minimum absolute atomic E-state index is 0.0441. The minimum Gasteiger partial charge on any atom is -0.489 e. The molecule has 9 heteroatoms. The zero-order chi connectivity index (χ0) is 29.0. The number of carbonyl (C=O) groups is 2. The maximum Gasteiger partial charge on any atom is 0.270 e. The smallest absolute Gasteiger partial charge is 0.270 e. The molecule has 41 heavy (non-hydrogen) atoms. The van der Waals surface area contributed by atoms with Crippen molar-refractivity contribution < 1.29 is 24.2 Å². The Labute approximate surface area is 237 Å². The number of carbonyl (C=O) groups excluding carboxylic acids is 2. The molecule has 9 nitrogen and oxygen atoms in total. The number of hydrogen-bond donors (Lipinski definition) is 2. The first-order valence-electron chi connectivity index (χ1n) is 12.9. The van der Waals surface area contributed by atoms with Crippen molar-refractivity contribution in [2.75, 3.05) is 18.6 Å². The molecule has 2 amide bonds. The topological polar surface area (TPSA) is 114 Å². The molecule has 0 unspecified atom stereocenters. The maximum absolute atomic E-state index is 13.4. The molecule has 1 aliphatic heterocycles. The zero-order valence-corrected chi connectivity index (χ0v) is 22.8. The van der Waals surface area contributed by atoms with Crippen molar-refractivity contribution >= 4 is 17.5 Å². The lowest BCUT2D eigenvalue weighted by Crippen LogP contribution is -2.49. The lowest BCUT2D eigenvalue weighted by atomic mass is 10.1. The van der Waals surface area contributed by atoms with Crippen LogP contribution in [0.3, 0.4) is 0 Å². The quantitative estimate of drug-likeness (QED) is 0.359. The van der Waals surface area contributed by atoms with Crippen LogP contribution in [0, 0.1) is 11.8 Å². The molecule has 4 aromatic rings. The van der Waals surface area contributed by atoms with Crippen LogP contribution >= 0.6 is 0 Å². The van der Waals surface area contributed by atoms with Crippen LogP contribution in [0.4, 0.5) is 5.69 Å². The van der Waals surface area contributed by atoms with Crippen molar-refractivity contribution in [1.29, 1.82) is 0 Å². The van der Waals surface area contributed by atoms with Gasteiger partial charge in [-0.15, -0.1) is 0 Å². The van der Waals surface area contributed by atoms with E-state index in [-0.39, 0.29) is 18.2 Å². The van der Waals surface area contributed by atoms with Gasteiger partial charge in [-0.25, -0.2) is 4.98 Å². The Morgan fingerprint density at radius 1 is 1.05 bits per heavy atom. The Hall–Kier alpha value is -5.20. The Bertz CT molecular complexity index is 1640. The number of para-hydroxylation sites is 1. The van der Waals surface area contributed by atoms with E-state index >= 15 is 0 Å². The van der Waals surface area contributed by atoms with Gasteiger partial charge in [0.1, 0.15) is 46.9 Å². The minimum atomic E-state index is -1.11. The van der Waals surface area contributed by atoms with Gasteiger partial charge >= 0.3 is 0 Å². The van der Waals surface area contributed by atoms with Gasteiger partial charge in [0.2, 0.25) is 0 Å². The molecule has 0 fully saturated rings. The lowest BCUT2D eigenvalue weighted by molar-refractivity contribution is -0.120. The summed E-state index contributed by atoms with van der Waals surface area (Å²) in [6, 6.07) is 20.6. The summed E-state index contributed by atoms with van der Waals surface area (Å²) in [6.07, 6.45) is 3.16. The molecule has 2 N–H and O–H groups in total. The van der Waals surface area contributed by atoms with E-state index in [0.29, 0.717) is 28.6 Å². The lowest BCUT2D eigenvalue weighted by Gasteiger charge is -2.21. The number of benzene rings is 2. The molecule has 0 spiro atoms. The van der Waals surface area contributed by atoms with Gasteiger partial charge in [0.05, 0.1) is 5.69 Å². The van der Waals surface area contributed by atoms with E-state index in [9.17, 15) is 14.7 Å². The van der Waals surface area contributed by atoms with E-state index in [1.807, 2.05) is 36.4 Å². The Balaban J connectivity index is 1.29. The fourth-order valence-electron chi connectivity index (χ4n) is 4.09. The summed E-state index contributed by atoms with van der Waals surface area (Å²) in [7, 11) is 1.64. The average molecular weight is 549 g/mol. The molecule has 0 aliphatic carbocycles. The second-order valence-corrected chi connectivity index (χ2v) is 9.95. The third kappa shape index (κ3) is 6.69. The van der Waals surface area contributed by atoms with Gasteiger partial charge in [-0.1, -0.05) is 36.3 Å². The molecule has 2 aromatic carbocycles. The van der Waals surface area contributed by atoms with Crippen molar-refractivity contribution in [3.8, 4) is 40.2 Å². The number of anilines is 1. The first-order chi connectivity index (χ1) is 19.7. The normalized spacial score (nSPS) is 14.6. The second kappa shape index (κ2) is 11.5. The molecule has 0 radical (unpaired) electrons. The molecule has 2 aromatic heterocycles. The van der Waals surface area contributed by atoms with Crippen LogP contribution in [0.25, 0.3) is 11.1 Å². The molecule has 206 valence electrons. The van der Waals surface area contributed by atoms with Crippen molar-refractivity contribution in [3.05, 3.63) is 96.6 Å². The van der Waals surface area contributed by atoms with Gasteiger partial charge < -0.3 is 24.8 Å². The fraction of sp³-hybridized carbons (Fsp3) is 0.188. The molecule has 5 rings (SSSR count). The van der Waals surface area contributed by atoms with Crippen molar-refractivity contribution in [2.45, 2.75) is 25.5 Å². The van der Waals surface area contributed by atoms with E-state index < -0.39 is 17.6 Å². The number of rotatable bonds is 5. The highest BCUT2D eigenvalue weighted by Gasteiger charge is 2.31. The highest BCUT2D eigenvalue weighted by molar-refractivity contribution is 6.03. The van der Waals surface area contributed by atoms with Gasteiger partial charge in [0, 0.05) is 31.1 Å².